The second-order valence-corrected chi connectivity index (χ2v) is 9.12. The molecule has 0 spiro atoms. The number of fused-ring (bicyclic) bond motifs is 1. The normalized spacial score (nSPS) is 30.9. The van der Waals surface area contributed by atoms with Gasteiger partial charge in [-0.15, -0.1) is 0 Å². The van der Waals surface area contributed by atoms with E-state index in [2.05, 4.69) is 45.1 Å². The molecule has 2 aromatic heterocycles. The first-order chi connectivity index (χ1) is 12.5. The maximum atomic E-state index is 12.7. The van der Waals surface area contributed by atoms with Gasteiger partial charge in [0.05, 0.1) is 28.6 Å². The van der Waals surface area contributed by atoms with Crippen molar-refractivity contribution in [3.8, 4) is 0 Å². The van der Waals surface area contributed by atoms with E-state index in [4.69, 9.17) is 4.74 Å². The molecule has 0 bridgehead atoms. The number of ether oxygens (including phenoxy) is 1. The zero-order valence-electron chi connectivity index (χ0n) is 15.6. The summed E-state index contributed by atoms with van der Waals surface area (Å²) >= 11 is 0. The smallest absolute Gasteiger partial charge is 0.142 e. The van der Waals surface area contributed by atoms with Gasteiger partial charge < -0.3 is 14.6 Å². The van der Waals surface area contributed by atoms with Crippen molar-refractivity contribution < 1.29 is 8.95 Å². The number of rotatable bonds is 5. The summed E-state index contributed by atoms with van der Waals surface area (Å²) in [7, 11) is 1.18. The first-order valence-corrected chi connectivity index (χ1v) is 10.6. The third-order valence-corrected chi connectivity index (χ3v) is 7.11. The Kier molecular flexibility index (Phi) is 4.98. The molecule has 142 valence electrons. The zero-order valence-corrected chi connectivity index (χ0v) is 16.4. The summed E-state index contributed by atoms with van der Waals surface area (Å²) in [5.41, 5.74) is 0.870. The van der Waals surface area contributed by atoms with Crippen LogP contribution in [0.3, 0.4) is 0 Å². The van der Waals surface area contributed by atoms with E-state index in [1.54, 1.807) is 6.33 Å². The monoisotopic (exact) mass is 377 g/mol. The maximum absolute atomic E-state index is 12.7. The van der Waals surface area contributed by atoms with E-state index in [-0.39, 0.29) is 12.2 Å². The van der Waals surface area contributed by atoms with E-state index >= 15 is 0 Å². The van der Waals surface area contributed by atoms with Crippen LogP contribution in [-0.2, 0) is 15.7 Å². The molecule has 7 nitrogen and oxygen atoms in total. The largest absolute Gasteiger partial charge is 0.373 e. The number of hydrogen-bond acceptors (Lipinski definition) is 5. The number of H-pyrrole nitrogens is 1. The summed E-state index contributed by atoms with van der Waals surface area (Å²) < 4.78 is 20.5. The quantitative estimate of drug-likeness (QED) is 0.862. The van der Waals surface area contributed by atoms with Gasteiger partial charge in [-0.3, -0.25) is 0 Å². The van der Waals surface area contributed by atoms with Crippen LogP contribution in [0.2, 0.25) is 0 Å². The highest BCUT2D eigenvalue weighted by atomic mass is 32.2. The minimum Gasteiger partial charge on any atom is -0.373 e. The first-order valence-electron chi connectivity index (χ1n) is 9.31. The van der Waals surface area contributed by atoms with Crippen molar-refractivity contribution >= 4 is 27.8 Å². The van der Waals surface area contributed by atoms with Gasteiger partial charge in [-0.2, -0.15) is 0 Å². The SMILES string of the molecule is CC1CN(S(=O)CC2CC(N(C)c3ncnc4[nH]ccc34)C2)CC(C)O1. The Labute approximate surface area is 156 Å². The van der Waals surface area contributed by atoms with Crippen LogP contribution >= 0.6 is 0 Å². The highest BCUT2D eigenvalue weighted by Crippen LogP contribution is 2.35. The van der Waals surface area contributed by atoms with Crippen molar-refractivity contribution in [2.45, 2.75) is 44.9 Å². The third-order valence-electron chi connectivity index (χ3n) is 5.48. The highest BCUT2D eigenvalue weighted by molar-refractivity contribution is 7.82. The van der Waals surface area contributed by atoms with Crippen molar-refractivity contribution in [3.05, 3.63) is 18.6 Å². The molecular formula is C18H27N5O2S. The Morgan fingerprint density at radius 2 is 2.04 bits per heavy atom. The molecule has 0 aromatic carbocycles. The molecule has 0 radical (unpaired) electrons. The fraction of sp³-hybridized carbons (Fsp3) is 0.667. The summed E-state index contributed by atoms with van der Waals surface area (Å²) in [6.07, 6.45) is 5.94. The molecule has 4 rings (SSSR count). The molecule has 0 amide bonds. The third kappa shape index (κ3) is 3.50. The lowest BCUT2D eigenvalue weighted by Crippen LogP contribution is -2.49. The molecule has 1 aliphatic heterocycles. The molecule has 2 aliphatic rings. The zero-order chi connectivity index (χ0) is 18.3. The molecule has 1 N–H and O–H groups in total. The van der Waals surface area contributed by atoms with Crippen LogP contribution in [0.4, 0.5) is 5.82 Å². The molecular weight excluding hydrogens is 350 g/mol. The molecule has 2 fully saturated rings. The molecule has 1 aliphatic carbocycles. The predicted octanol–water partition coefficient (Wildman–Crippen LogP) is 1.95. The fourth-order valence-electron chi connectivity index (χ4n) is 4.07. The maximum Gasteiger partial charge on any atom is 0.142 e. The summed E-state index contributed by atoms with van der Waals surface area (Å²) in [4.78, 5) is 14.1. The van der Waals surface area contributed by atoms with Crippen LogP contribution in [0, 0.1) is 5.92 Å². The molecule has 3 heterocycles. The lowest BCUT2D eigenvalue weighted by molar-refractivity contribution is -0.0429. The van der Waals surface area contributed by atoms with Crippen molar-refractivity contribution in [1.29, 1.82) is 0 Å². The van der Waals surface area contributed by atoms with E-state index in [0.717, 1.165) is 48.5 Å². The van der Waals surface area contributed by atoms with E-state index in [9.17, 15) is 4.21 Å². The van der Waals surface area contributed by atoms with Crippen LogP contribution < -0.4 is 4.90 Å². The molecule has 1 saturated carbocycles. The standard InChI is InChI=1S/C18H27N5O2S/c1-12-8-23(9-13(2)25-12)26(24)10-14-6-15(7-14)22(3)18-16-4-5-19-17(16)20-11-21-18/h4-5,11-15H,6-10H2,1-3H3,(H,19,20,21). The van der Waals surface area contributed by atoms with Gasteiger partial charge in [0.1, 0.15) is 17.8 Å². The number of morpholine rings is 1. The Bertz CT molecular complexity index is 781. The minimum absolute atomic E-state index is 0.157. The predicted molar refractivity (Wildman–Crippen MR) is 103 cm³/mol. The number of aromatic amines is 1. The lowest BCUT2D eigenvalue weighted by atomic mass is 9.81. The van der Waals surface area contributed by atoms with Gasteiger partial charge in [0.2, 0.25) is 0 Å². The number of nitrogens with zero attached hydrogens (tertiary/aromatic N) is 4. The van der Waals surface area contributed by atoms with Gasteiger partial charge in [0.25, 0.3) is 0 Å². The molecule has 8 heteroatoms. The van der Waals surface area contributed by atoms with Crippen molar-refractivity contribution in [2.24, 2.45) is 5.92 Å². The number of nitrogens with one attached hydrogen (secondary N) is 1. The number of aromatic nitrogens is 3. The van der Waals surface area contributed by atoms with Crippen molar-refractivity contribution in [2.75, 3.05) is 30.8 Å². The fourth-order valence-corrected chi connectivity index (χ4v) is 5.71. The molecule has 26 heavy (non-hydrogen) atoms. The van der Waals surface area contributed by atoms with E-state index in [1.165, 1.54) is 0 Å². The van der Waals surface area contributed by atoms with Crippen LogP contribution in [0.25, 0.3) is 11.0 Å². The minimum atomic E-state index is -0.911. The molecule has 2 aromatic rings. The van der Waals surface area contributed by atoms with Crippen LogP contribution in [0.15, 0.2) is 18.6 Å². The first kappa shape index (κ1) is 17.9. The van der Waals surface area contributed by atoms with Gasteiger partial charge in [-0.25, -0.2) is 18.5 Å². The molecule has 1 saturated heterocycles. The van der Waals surface area contributed by atoms with Crippen LogP contribution in [-0.4, -0.2) is 67.6 Å². The summed E-state index contributed by atoms with van der Waals surface area (Å²) in [6, 6.07) is 2.47. The van der Waals surface area contributed by atoms with Gasteiger partial charge in [0.15, 0.2) is 0 Å². The van der Waals surface area contributed by atoms with E-state index < -0.39 is 11.0 Å². The average molecular weight is 378 g/mol. The number of hydrogen-bond donors (Lipinski definition) is 1. The van der Waals surface area contributed by atoms with E-state index in [1.807, 2.05) is 12.3 Å². The van der Waals surface area contributed by atoms with Crippen molar-refractivity contribution in [1.82, 2.24) is 19.3 Å². The van der Waals surface area contributed by atoms with Gasteiger partial charge in [-0.05, 0) is 38.7 Å². The van der Waals surface area contributed by atoms with Gasteiger partial charge >= 0.3 is 0 Å². The second kappa shape index (κ2) is 7.25. The Morgan fingerprint density at radius 3 is 2.77 bits per heavy atom. The van der Waals surface area contributed by atoms with Crippen molar-refractivity contribution in [3.63, 3.8) is 0 Å². The topological polar surface area (TPSA) is 74.4 Å². The summed E-state index contributed by atoms with van der Waals surface area (Å²) in [5.74, 6) is 2.24. The molecule has 3 atom stereocenters. The van der Waals surface area contributed by atoms with Crippen LogP contribution in [0.5, 0.6) is 0 Å². The average Bonchev–Trinajstić information content (AvgIpc) is 3.04. The Hall–Kier alpha value is -1.51. The highest BCUT2D eigenvalue weighted by Gasteiger charge is 2.36. The lowest BCUT2D eigenvalue weighted by Gasteiger charge is -2.42. The summed E-state index contributed by atoms with van der Waals surface area (Å²) in [5, 5.41) is 1.05. The molecule has 3 unspecified atom stereocenters. The van der Waals surface area contributed by atoms with E-state index in [0.29, 0.717) is 12.0 Å². The number of anilines is 1. The summed E-state index contributed by atoms with van der Waals surface area (Å²) in [6.45, 7) is 5.63. The Morgan fingerprint density at radius 1 is 1.31 bits per heavy atom. The Balaban J connectivity index is 1.32. The van der Waals surface area contributed by atoms with Crippen LogP contribution in [0.1, 0.15) is 26.7 Å². The van der Waals surface area contributed by atoms with Gasteiger partial charge in [0, 0.05) is 38.1 Å². The second-order valence-electron chi connectivity index (χ2n) is 7.63. The van der Waals surface area contributed by atoms with Gasteiger partial charge in [-0.1, -0.05) is 0 Å².